The Morgan fingerprint density at radius 3 is 2.73 bits per heavy atom. The van der Waals surface area contributed by atoms with Gasteiger partial charge in [-0.05, 0) is 17.5 Å². The molecule has 0 atom stereocenters. The number of hydrogen-bond acceptors (Lipinski definition) is 2. The van der Waals surface area contributed by atoms with Gasteiger partial charge >= 0.3 is 0 Å². The minimum Gasteiger partial charge on any atom is -0.263 e. The van der Waals surface area contributed by atoms with Crippen molar-refractivity contribution in [1.29, 1.82) is 5.26 Å². The molecule has 0 radical (unpaired) electrons. The predicted molar refractivity (Wildman–Crippen MR) is 43.0 cm³/mol. The van der Waals surface area contributed by atoms with E-state index in [0.29, 0.717) is 11.5 Å². The molecule has 1 aromatic heterocycles. The van der Waals surface area contributed by atoms with Crippen LogP contribution in [0.1, 0.15) is 30.9 Å². The van der Waals surface area contributed by atoms with Crippen LogP contribution in [0.25, 0.3) is 0 Å². The van der Waals surface area contributed by atoms with Crippen molar-refractivity contribution in [2.45, 2.75) is 19.8 Å². The molecule has 0 aromatic carbocycles. The molecule has 0 fully saturated rings. The van der Waals surface area contributed by atoms with E-state index in [1.54, 1.807) is 12.4 Å². The van der Waals surface area contributed by atoms with Gasteiger partial charge in [0.25, 0.3) is 0 Å². The average Bonchev–Trinajstić information content (AvgIpc) is 2.04. The summed E-state index contributed by atoms with van der Waals surface area (Å²) in [7, 11) is 0. The molecule has 0 saturated carbocycles. The molecular formula is C9H10N2. The molecule has 0 bridgehead atoms. The number of nitrogens with zero attached hydrogens (tertiary/aromatic N) is 2. The smallest absolute Gasteiger partial charge is 0.101 e. The van der Waals surface area contributed by atoms with E-state index in [2.05, 4.69) is 24.9 Å². The van der Waals surface area contributed by atoms with Crippen molar-refractivity contribution in [2.75, 3.05) is 0 Å². The average molecular weight is 146 g/mol. The Morgan fingerprint density at radius 2 is 2.27 bits per heavy atom. The third-order valence-electron chi connectivity index (χ3n) is 1.60. The van der Waals surface area contributed by atoms with Crippen molar-refractivity contribution in [2.24, 2.45) is 0 Å². The molecule has 11 heavy (non-hydrogen) atoms. The number of nitriles is 1. The van der Waals surface area contributed by atoms with E-state index in [0.717, 1.165) is 5.56 Å². The second kappa shape index (κ2) is 3.16. The van der Waals surface area contributed by atoms with Crippen LogP contribution in [0, 0.1) is 11.3 Å². The van der Waals surface area contributed by atoms with Gasteiger partial charge in [0.05, 0.1) is 5.56 Å². The highest BCUT2D eigenvalue weighted by Gasteiger charge is 2.03. The Labute approximate surface area is 66.5 Å². The number of aromatic nitrogens is 1. The first-order chi connectivity index (χ1) is 5.25. The van der Waals surface area contributed by atoms with Crippen molar-refractivity contribution < 1.29 is 0 Å². The van der Waals surface area contributed by atoms with E-state index in [4.69, 9.17) is 5.26 Å². The molecule has 0 aliphatic carbocycles. The van der Waals surface area contributed by atoms with Gasteiger partial charge in [-0.25, -0.2) is 0 Å². The summed E-state index contributed by atoms with van der Waals surface area (Å²) in [6, 6.07) is 4.01. The third kappa shape index (κ3) is 1.56. The minimum absolute atomic E-state index is 0.396. The van der Waals surface area contributed by atoms with E-state index < -0.39 is 0 Å². The van der Waals surface area contributed by atoms with Crippen molar-refractivity contribution in [3.63, 3.8) is 0 Å². The summed E-state index contributed by atoms with van der Waals surface area (Å²) in [5, 5.41) is 8.68. The fourth-order valence-corrected chi connectivity index (χ4v) is 1.00. The van der Waals surface area contributed by atoms with Crippen LogP contribution in [0.15, 0.2) is 18.5 Å². The number of pyridine rings is 1. The maximum Gasteiger partial charge on any atom is 0.101 e. The highest BCUT2D eigenvalue weighted by Crippen LogP contribution is 2.16. The fraction of sp³-hybridized carbons (Fsp3) is 0.333. The normalized spacial score (nSPS) is 9.64. The minimum atomic E-state index is 0.396. The van der Waals surface area contributed by atoms with Gasteiger partial charge < -0.3 is 0 Å². The summed E-state index contributed by atoms with van der Waals surface area (Å²) in [6.07, 6.45) is 3.32. The van der Waals surface area contributed by atoms with Gasteiger partial charge in [-0.3, -0.25) is 4.98 Å². The van der Waals surface area contributed by atoms with Crippen LogP contribution in [-0.4, -0.2) is 4.98 Å². The molecule has 0 unspecified atom stereocenters. The molecule has 2 heteroatoms. The highest BCUT2D eigenvalue weighted by atomic mass is 14.6. The van der Waals surface area contributed by atoms with E-state index in [1.807, 2.05) is 6.07 Å². The maximum absolute atomic E-state index is 8.68. The van der Waals surface area contributed by atoms with E-state index in [1.165, 1.54) is 0 Å². The van der Waals surface area contributed by atoms with Crippen molar-refractivity contribution in [3.05, 3.63) is 29.6 Å². The van der Waals surface area contributed by atoms with E-state index in [-0.39, 0.29) is 0 Å². The molecule has 0 amide bonds. The molecule has 2 nitrogen and oxygen atoms in total. The Bertz CT molecular complexity index is 284. The van der Waals surface area contributed by atoms with Crippen LogP contribution in [0.5, 0.6) is 0 Å². The van der Waals surface area contributed by atoms with Crippen molar-refractivity contribution in [1.82, 2.24) is 4.98 Å². The van der Waals surface area contributed by atoms with Crippen molar-refractivity contribution in [3.8, 4) is 6.07 Å². The first kappa shape index (κ1) is 7.74. The van der Waals surface area contributed by atoms with Crippen LogP contribution in [0.4, 0.5) is 0 Å². The lowest BCUT2D eigenvalue weighted by molar-refractivity contribution is 0.858. The molecule has 1 rings (SSSR count). The standard InChI is InChI=1S/C9H10N2/c1-7(2)9-3-4-11-6-8(9)5-10/h3-4,6-7H,1-2H3. The lowest BCUT2D eigenvalue weighted by Crippen LogP contribution is -1.92. The third-order valence-corrected chi connectivity index (χ3v) is 1.60. The monoisotopic (exact) mass is 146 g/mol. The Balaban J connectivity index is 3.15. The maximum atomic E-state index is 8.68. The summed E-state index contributed by atoms with van der Waals surface area (Å²) in [5.41, 5.74) is 1.75. The van der Waals surface area contributed by atoms with E-state index >= 15 is 0 Å². The number of rotatable bonds is 1. The largest absolute Gasteiger partial charge is 0.263 e. The lowest BCUT2D eigenvalue weighted by atomic mass is 10.0. The highest BCUT2D eigenvalue weighted by molar-refractivity contribution is 5.36. The molecule has 1 heterocycles. The molecule has 0 N–H and O–H groups in total. The van der Waals surface area contributed by atoms with Gasteiger partial charge in [0.1, 0.15) is 6.07 Å². The second-order valence-electron chi connectivity index (χ2n) is 2.73. The molecular weight excluding hydrogens is 136 g/mol. The Kier molecular flexibility index (Phi) is 2.22. The summed E-state index contributed by atoms with van der Waals surface area (Å²) >= 11 is 0. The fourth-order valence-electron chi connectivity index (χ4n) is 1.00. The van der Waals surface area contributed by atoms with Gasteiger partial charge in [-0.15, -0.1) is 0 Å². The molecule has 56 valence electrons. The first-order valence-electron chi connectivity index (χ1n) is 3.59. The molecule has 0 saturated heterocycles. The summed E-state index contributed by atoms with van der Waals surface area (Å²) < 4.78 is 0. The zero-order chi connectivity index (χ0) is 8.27. The lowest BCUT2D eigenvalue weighted by Gasteiger charge is -2.04. The van der Waals surface area contributed by atoms with Crippen LogP contribution >= 0.6 is 0 Å². The molecule has 1 aromatic rings. The summed E-state index contributed by atoms with van der Waals surface area (Å²) in [6.45, 7) is 4.13. The topological polar surface area (TPSA) is 36.7 Å². The van der Waals surface area contributed by atoms with Crippen LogP contribution < -0.4 is 0 Å². The quantitative estimate of drug-likeness (QED) is 0.608. The SMILES string of the molecule is CC(C)c1ccncc1C#N. The van der Waals surface area contributed by atoms with E-state index in [9.17, 15) is 0 Å². The summed E-state index contributed by atoms with van der Waals surface area (Å²) in [5.74, 6) is 0.396. The van der Waals surface area contributed by atoms with Crippen LogP contribution in [0.2, 0.25) is 0 Å². The Hall–Kier alpha value is -1.36. The number of hydrogen-bond donors (Lipinski definition) is 0. The van der Waals surface area contributed by atoms with Gasteiger partial charge in [-0.1, -0.05) is 13.8 Å². The Morgan fingerprint density at radius 1 is 1.55 bits per heavy atom. The van der Waals surface area contributed by atoms with Crippen molar-refractivity contribution >= 4 is 0 Å². The van der Waals surface area contributed by atoms with Crippen LogP contribution in [-0.2, 0) is 0 Å². The van der Waals surface area contributed by atoms with Gasteiger partial charge in [-0.2, -0.15) is 5.26 Å². The zero-order valence-electron chi connectivity index (χ0n) is 6.70. The molecule has 0 aliphatic heterocycles. The molecule has 0 spiro atoms. The zero-order valence-corrected chi connectivity index (χ0v) is 6.70. The van der Waals surface area contributed by atoms with Gasteiger partial charge in [0, 0.05) is 12.4 Å². The first-order valence-corrected chi connectivity index (χ1v) is 3.59. The summed E-state index contributed by atoms with van der Waals surface area (Å²) in [4.78, 5) is 3.88. The second-order valence-corrected chi connectivity index (χ2v) is 2.73. The van der Waals surface area contributed by atoms with Gasteiger partial charge in [0.2, 0.25) is 0 Å². The molecule has 0 aliphatic rings. The predicted octanol–water partition coefficient (Wildman–Crippen LogP) is 2.08. The van der Waals surface area contributed by atoms with Gasteiger partial charge in [0.15, 0.2) is 0 Å². The van der Waals surface area contributed by atoms with Crippen LogP contribution in [0.3, 0.4) is 0 Å².